The van der Waals surface area contributed by atoms with Crippen LogP contribution in [-0.4, -0.2) is 41.2 Å². The topological polar surface area (TPSA) is 120 Å². The summed E-state index contributed by atoms with van der Waals surface area (Å²) in [6.45, 7) is 1.71. The number of nitrogens with zero attached hydrogens (tertiary/aromatic N) is 2. The van der Waals surface area contributed by atoms with Gasteiger partial charge in [-0.05, 0) is 37.5 Å². The molecule has 32 heavy (non-hydrogen) atoms. The van der Waals surface area contributed by atoms with E-state index in [1.807, 2.05) is 24.3 Å². The fourth-order valence-corrected chi connectivity index (χ4v) is 3.92. The zero-order valence-electron chi connectivity index (χ0n) is 17.8. The third-order valence-electron chi connectivity index (χ3n) is 5.73. The zero-order chi connectivity index (χ0) is 22.9. The lowest BCUT2D eigenvalue weighted by atomic mass is 9.93. The maximum Gasteiger partial charge on any atom is 0.325 e. The molecule has 10 nitrogen and oxygen atoms in total. The highest BCUT2D eigenvalue weighted by atomic mass is 16.7. The predicted octanol–water partition coefficient (Wildman–Crippen LogP) is 2.91. The predicted molar refractivity (Wildman–Crippen MR) is 112 cm³/mol. The van der Waals surface area contributed by atoms with Crippen LogP contribution in [0.1, 0.15) is 30.0 Å². The number of imide groups is 1. The molecule has 168 valence electrons. The van der Waals surface area contributed by atoms with Crippen LogP contribution in [0.15, 0.2) is 36.4 Å². The molecule has 2 aliphatic rings. The largest absolute Gasteiger partial charge is 0.497 e. The van der Waals surface area contributed by atoms with Gasteiger partial charge in [0.05, 0.1) is 25.2 Å². The van der Waals surface area contributed by atoms with Gasteiger partial charge in [0.15, 0.2) is 6.79 Å². The van der Waals surface area contributed by atoms with Gasteiger partial charge in [-0.1, -0.05) is 12.1 Å². The Balaban J connectivity index is 1.53. The van der Waals surface area contributed by atoms with Crippen molar-refractivity contribution in [1.82, 2.24) is 10.2 Å². The van der Waals surface area contributed by atoms with Gasteiger partial charge >= 0.3 is 6.03 Å². The van der Waals surface area contributed by atoms with Gasteiger partial charge in [-0.25, -0.2) is 4.79 Å². The second kappa shape index (κ2) is 8.46. The lowest BCUT2D eigenvalue weighted by Gasteiger charge is -2.24. The van der Waals surface area contributed by atoms with Crippen molar-refractivity contribution in [1.29, 1.82) is 0 Å². The molecule has 1 fully saturated rings. The highest BCUT2D eigenvalue weighted by Crippen LogP contribution is 2.35. The number of non-ortho nitro benzene ring substituents is 1. The minimum absolute atomic E-state index is 0.00245. The SMILES string of the molecule is COc1ccc(CCC2(C)NC(=O)N(Cc3cc([N+](=O)[O-])cc4c3OCOC4)C2=O)cc1. The number of amides is 3. The number of hydrogen-bond acceptors (Lipinski definition) is 7. The number of benzene rings is 2. The van der Waals surface area contributed by atoms with E-state index >= 15 is 0 Å². The number of methoxy groups -OCH3 is 1. The average molecular weight is 441 g/mol. The molecule has 2 heterocycles. The van der Waals surface area contributed by atoms with Gasteiger partial charge in [0.25, 0.3) is 11.6 Å². The van der Waals surface area contributed by atoms with E-state index in [0.717, 1.165) is 16.2 Å². The normalized spacial score (nSPS) is 19.9. The first kappa shape index (κ1) is 21.6. The Morgan fingerprint density at radius 3 is 2.69 bits per heavy atom. The fourth-order valence-electron chi connectivity index (χ4n) is 3.92. The zero-order valence-corrected chi connectivity index (χ0v) is 17.8. The van der Waals surface area contributed by atoms with Gasteiger partial charge in [-0.3, -0.25) is 19.8 Å². The van der Waals surface area contributed by atoms with Gasteiger partial charge in [-0.15, -0.1) is 0 Å². The molecule has 3 amide bonds. The molecule has 0 bridgehead atoms. The van der Waals surface area contributed by atoms with Crippen LogP contribution in [0.5, 0.6) is 11.5 Å². The molecule has 0 saturated carbocycles. The molecule has 0 spiro atoms. The van der Waals surface area contributed by atoms with Gasteiger partial charge in [0.2, 0.25) is 0 Å². The van der Waals surface area contributed by atoms with Crippen LogP contribution in [0.25, 0.3) is 0 Å². The summed E-state index contributed by atoms with van der Waals surface area (Å²) in [5.74, 6) is 0.766. The van der Waals surface area contributed by atoms with Crippen molar-refractivity contribution in [2.75, 3.05) is 13.9 Å². The molecule has 1 atom stereocenters. The fraction of sp³-hybridized carbons (Fsp3) is 0.364. The number of nitro groups is 1. The quantitative estimate of drug-likeness (QED) is 0.398. The number of carbonyl (C=O) groups is 2. The summed E-state index contributed by atoms with van der Waals surface area (Å²) in [5.41, 5.74) is 0.674. The molecule has 1 N–H and O–H groups in total. The van der Waals surface area contributed by atoms with Crippen molar-refractivity contribution in [3.05, 3.63) is 63.2 Å². The van der Waals surface area contributed by atoms with Crippen molar-refractivity contribution in [3.8, 4) is 11.5 Å². The summed E-state index contributed by atoms with van der Waals surface area (Å²) in [6, 6.07) is 9.68. The second-order valence-corrected chi connectivity index (χ2v) is 7.96. The lowest BCUT2D eigenvalue weighted by Crippen LogP contribution is -2.44. The van der Waals surface area contributed by atoms with Crippen LogP contribution >= 0.6 is 0 Å². The number of nitrogens with one attached hydrogen (secondary N) is 1. The molecular formula is C22H23N3O7. The Bertz CT molecular complexity index is 1070. The summed E-state index contributed by atoms with van der Waals surface area (Å²) in [4.78, 5) is 37.7. The van der Waals surface area contributed by atoms with E-state index in [2.05, 4.69) is 5.32 Å². The first-order valence-electron chi connectivity index (χ1n) is 10.1. The molecule has 2 aliphatic heterocycles. The smallest absolute Gasteiger partial charge is 0.325 e. The number of fused-ring (bicyclic) bond motifs is 1. The molecule has 10 heteroatoms. The van der Waals surface area contributed by atoms with Gasteiger partial charge in [0, 0.05) is 23.3 Å². The molecule has 2 aromatic rings. The molecule has 0 aromatic heterocycles. The van der Waals surface area contributed by atoms with E-state index in [0.29, 0.717) is 29.7 Å². The van der Waals surface area contributed by atoms with E-state index in [9.17, 15) is 19.7 Å². The van der Waals surface area contributed by atoms with Crippen molar-refractivity contribution in [2.45, 2.75) is 38.5 Å². The third-order valence-corrected chi connectivity index (χ3v) is 5.73. The van der Waals surface area contributed by atoms with Crippen molar-refractivity contribution < 1.29 is 28.7 Å². The molecule has 1 unspecified atom stereocenters. The molecule has 4 rings (SSSR count). The van der Waals surface area contributed by atoms with Crippen LogP contribution in [0.4, 0.5) is 10.5 Å². The second-order valence-electron chi connectivity index (χ2n) is 7.96. The summed E-state index contributed by atoms with van der Waals surface area (Å²) >= 11 is 0. The Hall–Kier alpha value is -3.66. The monoisotopic (exact) mass is 441 g/mol. The van der Waals surface area contributed by atoms with E-state index in [4.69, 9.17) is 14.2 Å². The molecule has 0 radical (unpaired) electrons. The van der Waals surface area contributed by atoms with Crippen molar-refractivity contribution >= 4 is 17.6 Å². The summed E-state index contributed by atoms with van der Waals surface area (Å²) in [5, 5.41) is 14.1. The lowest BCUT2D eigenvalue weighted by molar-refractivity contribution is -0.385. The van der Waals surface area contributed by atoms with E-state index in [1.54, 1.807) is 14.0 Å². The van der Waals surface area contributed by atoms with E-state index in [-0.39, 0.29) is 31.5 Å². The van der Waals surface area contributed by atoms with E-state index in [1.165, 1.54) is 12.1 Å². The van der Waals surface area contributed by atoms with Crippen LogP contribution < -0.4 is 14.8 Å². The highest BCUT2D eigenvalue weighted by Gasteiger charge is 2.47. The van der Waals surface area contributed by atoms with Crippen LogP contribution in [0.3, 0.4) is 0 Å². The van der Waals surface area contributed by atoms with Crippen molar-refractivity contribution in [2.24, 2.45) is 0 Å². The average Bonchev–Trinajstić information content (AvgIpc) is 3.01. The van der Waals surface area contributed by atoms with E-state index < -0.39 is 16.5 Å². The molecule has 2 aromatic carbocycles. The number of hydrogen-bond donors (Lipinski definition) is 1. The van der Waals surface area contributed by atoms with Crippen LogP contribution in [0.2, 0.25) is 0 Å². The number of carbonyl (C=O) groups excluding carboxylic acids is 2. The molecule has 1 saturated heterocycles. The van der Waals surface area contributed by atoms with Crippen molar-refractivity contribution in [3.63, 3.8) is 0 Å². The van der Waals surface area contributed by atoms with Crippen LogP contribution in [-0.2, 0) is 29.1 Å². The summed E-state index contributed by atoms with van der Waals surface area (Å²) in [7, 11) is 1.59. The minimum Gasteiger partial charge on any atom is -0.497 e. The van der Waals surface area contributed by atoms with Gasteiger partial charge in [-0.2, -0.15) is 0 Å². The highest BCUT2D eigenvalue weighted by molar-refractivity contribution is 6.06. The summed E-state index contributed by atoms with van der Waals surface area (Å²) in [6.07, 6.45) is 0.977. The maximum absolute atomic E-state index is 13.2. The van der Waals surface area contributed by atoms with Crippen LogP contribution in [0, 0.1) is 10.1 Å². The third kappa shape index (κ3) is 4.09. The Morgan fingerprint density at radius 2 is 2.00 bits per heavy atom. The standard InChI is InChI=1S/C22H23N3O7/c1-22(8-7-14-3-5-18(30-2)6-4-14)20(26)24(21(27)23-22)11-15-9-17(25(28)29)10-16-12-31-13-32-19(15)16/h3-6,9-10H,7-8,11-13H2,1-2H3,(H,23,27). The Labute approximate surface area is 184 Å². The molecule has 0 aliphatic carbocycles. The van der Waals surface area contributed by atoms with Gasteiger partial charge in [0.1, 0.15) is 17.0 Å². The maximum atomic E-state index is 13.2. The number of ether oxygens (including phenoxy) is 3. The number of urea groups is 1. The first-order chi connectivity index (χ1) is 15.3. The number of nitro benzene ring substituents is 1. The number of aryl methyl sites for hydroxylation is 1. The summed E-state index contributed by atoms with van der Waals surface area (Å²) < 4.78 is 15.9. The molecular weight excluding hydrogens is 418 g/mol. The van der Waals surface area contributed by atoms with Gasteiger partial charge < -0.3 is 19.5 Å². The Morgan fingerprint density at radius 1 is 1.25 bits per heavy atom. The minimum atomic E-state index is -1.08. The number of rotatable bonds is 7. The Kier molecular flexibility index (Phi) is 5.70. The first-order valence-corrected chi connectivity index (χ1v) is 10.1.